The number of carbonyl (C=O) groups is 2. The second kappa shape index (κ2) is 6.38. The maximum atomic E-state index is 12.1. The molecule has 0 aliphatic carbocycles. The van der Waals surface area contributed by atoms with E-state index in [1.54, 1.807) is 12.2 Å². The minimum absolute atomic E-state index is 0.0316. The summed E-state index contributed by atoms with van der Waals surface area (Å²) in [6.07, 6.45) is 4.92. The van der Waals surface area contributed by atoms with Crippen molar-refractivity contribution >= 4 is 11.8 Å². The van der Waals surface area contributed by atoms with Gasteiger partial charge in [-0.05, 0) is 12.3 Å². The Morgan fingerprint density at radius 1 is 1.35 bits per heavy atom. The number of Topliss-reactive ketones (excluding diaryl/α,β-unsaturated/α-hetero) is 1. The van der Waals surface area contributed by atoms with E-state index in [1.807, 2.05) is 27.7 Å². The van der Waals surface area contributed by atoms with Crippen molar-refractivity contribution in [2.45, 2.75) is 34.1 Å². The summed E-state index contributed by atoms with van der Waals surface area (Å²) in [6.45, 7) is 11.2. The van der Waals surface area contributed by atoms with Crippen LogP contribution in [0.15, 0.2) is 24.8 Å². The highest BCUT2D eigenvalue weighted by Gasteiger charge is 2.35. The zero-order valence-electron chi connectivity index (χ0n) is 11.1. The molecule has 96 valence electrons. The number of allylic oxidation sites excluding steroid dienone is 2. The van der Waals surface area contributed by atoms with E-state index >= 15 is 0 Å². The second-order valence-electron chi connectivity index (χ2n) is 5.06. The van der Waals surface area contributed by atoms with E-state index in [-0.39, 0.29) is 17.6 Å². The Bertz CT molecular complexity index is 324. The van der Waals surface area contributed by atoms with Crippen molar-refractivity contribution in [2.75, 3.05) is 0 Å². The number of ketones is 1. The zero-order valence-corrected chi connectivity index (χ0v) is 11.1. The average Bonchev–Trinajstić information content (AvgIpc) is 2.22. The molecule has 3 heteroatoms. The first-order chi connectivity index (χ1) is 7.73. The Kier molecular flexibility index (Phi) is 5.86. The van der Waals surface area contributed by atoms with Crippen molar-refractivity contribution in [3.63, 3.8) is 0 Å². The van der Waals surface area contributed by atoms with E-state index in [0.717, 1.165) is 6.08 Å². The fourth-order valence-corrected chi connectivity index (χ4v) is 1.93. The molecule has 3 nitrogen and oxygen atoms in total. The molecule has 0 fully saturated rings. The first-order valence-corrected chi connectivity index (χ1v) is 5.79. The molecule has 0 aromatic rings. The Balaban J connectivity index is 4.80. The number of hydrogen-bond donors (Lipinski definition) is 1. The Morgan fingerprint density at radius 2 is 1.88 bits per heavy atom. The van der Waals surface area contributed by atoms with Crippen molar-refractivity contribution in [2.24, 2.45) is 17.3 Å². The zero-order chi connectivity index (χ0) is 13.6. The summed E-state index contributed by atoms with van der Waals surface area (Å²) in [7, 11) is 0. The van der Waals surface area contributed by atoms with Gasteiger partial charge in [-0.2, -0.15) is 0 Å². The maximum absolute atomic E-state index is 12.1. The molecule has 0 saturated heterocycles. The van der Waals surface area contributed by atoms with Crippen LogP contribution in [-0.4, -0.2) is 16.9 Å². The second-order valence-corrected chi connectivity index (χ2v) is 5.06. The van der Waals surface area contributed by atoms with Crippen molar-refractivity contribution in [1.82, 2.24) is 0 Å². The lowest BCUT2D eigenvalue weighted by Gasteiger charge is -2.31. The number of hydrogen-bond acceptors (Lipinski definition) is 2. The molecule has 17 heavy (non-hydrogen) atoms. The molecule has 0 bridgehead atoms. The number of carbonyl (C=O) groups excluding carboxylic acids is 1. The third-order valence-corrected chi connectivity index (χ3v) is 3.02. The molecule has 1 unspecified atom stereocenters. The quantitative estimate of drug-likeness (QED) is 0.548. The molecule has 0 aliphatic heterocycles. The molecule has 0 amide bonds. The van der Waals surface area contributed by atoms with Crippen LogP contribution in [0.1, 0.15) is 34.1 Å². The lowest BCUT2D eigenvalue weighted by Crippen LogP contribution is -2.34. The molecular weight excluding hydrogens is 216 g/mol. The van der Waals surface area contributed by atoms with Crippen LogP contribution in [0.4, 0.5) is 0 Å². The predicted molar refractivity (Wildman–Crippen MR) is 68.7 cm³/mol. The van der Waals surface area contributed by atoms with Gasteiger partial charge in [0.2, 0.25) is 0 Å². The van der Waals surface area contributed by atoms with Crippen LogP contribution in [0, 0.1) is 17.3 Å². The van der Waals surface area contributed by atoms with Gasteiger partial charge in [-0.3, -0.25) is 4.79 Å². The summed E-state index contributed by atoms with van der Waals surface area (Å²) >= 11 is 0. The van der Waals surface area contributed by atoms with Gasteiger partial charge in [0.25, 0.3) is 0 Å². The first kappa shape index (κ1) is 15.6. The Morgan fingerprint density at radius 3 is 2.24 bits per heavy atom. The minimum Gasteiger partial charge on any atom is -0.478 e. The van der Waals surface area contributed by atoms with Crippen LogP contribution in [0.25, 0.3) is 0 Å². The molecule has 0 rings (SSSR count). The van der Waals surface area contributed by atoms with Crippen LogP contribution in [0.2, 0.25) is 0 Å². The fourth-order valence-electron chi connectivity index (χ4n) is 1.93. The van der Waals surface area contributed by atoms with Gasteiger partial charge in [0, 0.05) is 17.4 Å². The molecule has 0 heterocycles. The normalized spacial score (nSPS) is 13.9. The summed E-state index contributed by atoms with van der Waals surface area (Å²) < 4.78 is 0. The van der Waals surface area contributed by atoms with Gasteiger partial charge in [0.1, 0.15) is 5.78 Å². The van der Waals surface area contributed by atoms with E-state index < -0.39 is 11.4 Å². The van der Waals surface area contributed by atoms with Crippen LogP contribution in [0.5, 0.6) is 0 Å². The third-order valence-electron chi connectivity index (χ3n) is 3.02. The molecule has 0 spiro atoms. The smallest absolute Gasteiger partial charge is 0.327 e. The van der Waals surface area contributed by atoms with Crippen molar-refractivity contribution < 1.29 is 14.7 Å². The third kappa shape index (κ3) is 4.55. The van der Waals surface area contributed by atoms with E-state index in [2.05, 4.69) is 6.58 Å². The molecule has 0 aliphatic rings. The molecule has 0 radical (unpaired) electrons. The molecule has 0 aromatic carbocycles. The van der Waals surface area contributed by atoms with Gasteiger partial charge >= 0.3 is 5.97 Å². The molecule has 1 N–H and O–H groups in total. The average molecular weight is 238 g/mol. The van der Waals surface area contributed by atoms with Crippen LogP contribution < -0.4 is 0 Å². The van der Waals surface area contributed by atoms with Crippen molar-refractivity contribution in [1.29, 1.82) is 0 Å². The van der Waals surface area contributed by atoms with Crippen LogP contribution in [0.3, 0.4) is 0 Å². The summed E-state index contributed by atoms with van der Waals surface area (Å²) in [4.78, 5) is 22.5. The van der Waals surface area contributed by atoms with Crippen molar-refractivity contribution in [3.8, 4) is 0 Å². The number of aliphatic carboxylic acids is 1. The lowest BCUT2D eigenvalue weighted by atomic mass is 9.71. The molecule has 1 atom stereocenters. The largest absolute Gasteiger partial charge is 0.478 e. The van der Waals surface area contributed by atoms with Gasteiger partial charge in [0.05, 0.1) is 0 Å². The highest BCUT2D eigenvalue weighted by molar-refractivity contribution is 5.86. The topological polar surface area (TPSA) is 54.4 Å². The predicted octanol–water partition coefficient (Wildman–Crippen LogP) is 3.07. The highest BCUT2D eigenvalue weighted by Crippen LogP contribution is 2.34. The standard InChI is InChI=1S/C14H22O3/c1-6-11(8-7-9-12(15)16)14(4,5)13(17)10(2)3/h6-7,9-11H,1,8H2,2-5H3,(H,15,16)/b9-7+. The van der Waals surface area contributed by atoms with E-state index in [1.165, 1.54) is 0 Å². The van der Waals surface area contributed by atoms with Gasteiger partial charge in [-0.25, -0.2) is 4.79 Å². The maximum Gasteiger partial charge on any atom is 0.327 e. The summed E-state index contributed by atoms with van der Waals surface area (Å²) in [5.41, 5.74) is -0.515. The SMILES string of the molecule is C=CC(C/C=C/C(=O)O)C(C)(C)C(=O)C(C)C. The van der Waals surface area contributed by atoms with Crippen LogP contribution in [-0.2, 0) is 9.59 Å². The summed E-state index contributed by atoms with van der Waals surface area (Å²) in [5, 5.41) is 8.52. The summed E-state index contributed by atoms with van der Waals surface area (Å²) in [5.74, 6) is -0.879. The van der Waals surface area contributed by atoms with Crippen molar-refractivity contribution in [3.05, 3.63) is 24.8 Å². The summed E-state index contributed by atoms with van der Waals surface area (Å²) in [6, 6.07) is 0. The number of carboxylic acids is 1. The van der Waals surface area contributed by atoms with E-state index in [4.69, 9.17) is 5.11 Å². The Labute approximate surface area is 103 Å². The van der Waals surface area contributed by atoms with E-state index in [0.29, 0.717) is 6.42 Å². The number of rotatable bonds is 7. The first-order valence-electron chi connectivity index (χ1n) is 5.79. The molecule has 0 saturated carbocycles. The van der Waals surface area contributed by atoms with Gasteiger partial charge in [-0.15, -0.1) is 6.58 Å². The van der Waals surface area contributed by atoms with Gasteiger partial charge < -0.3 is 5.11 Å². The lowest BCUT2D eigenvalue weighted by molar-refractivity contribution is -0.132. The minimum atomic E-state index is -0.971. The van der Waals surface area contributed by atoms with Gasteiger partial charge in [-0.1, -0.05) is 39.8 Å². The monoisotopic (exact) mass is 238 g/mol. The fraction of sp³-hybridized carbons (Fsp3) is 0.571. The number of carboxylic acid groups (broad SMARTS) is 1. The van der Waals surface area contributed by atoms with E-state index in [9.17, 15) is 9.59 Å². The molecular formula is C14H22O3. The Hall–Kier alpha value is -1.38. The highest BCUT2D eigenvalue weighted by atomic mass is 16.4. The van der Waals surface area contributed by atoms with Gasteiger partial charge in [0.15, 0.2) is 0 Å². The molecule has 0 aromatic heterocycles. The van der Waals surface area contributed by atoms with Crippen LogP contribution >= 0.6 is 0 Å².